The second-order valence-electron chi connectivity index (χ2n) is 5.94. The smallest absolute Gasteiger partial charge is 0.237 e. The molecule has 3 unspecified atom stereocenters. The summed E-state index contributed by atoms with van der Waals surface area (Å²) >= 11 is 0. The molecule has 0 aromatic heterocycles. The molecule has 116 valence electrons. The van der Waals surface area contributed by atoms with E-state index in [4.69, 9.17) is 5.73 Å². The minimum Gasteiger partial charge on any atom is -0.358 e. The van der Waals surface area contributed by atoms with Crippen molar-refractivity contribution in [1.29, 1.82) is 0 Å². The lowest BCUT2D eigenvalue weighted by molar-refractivity contribution is -0.125. The number of nitrogens with one attached hydrogen (secondary N) is 1. The van der Waals surface area contributed by atoms with E-state index in [-0.39, 0.29) is 24.0 Å². The van der Waals surface area contributed by atoms with Crippen molar-refractivity contribution in [2.45, 2.75) is 51.2 Å². The first-order valence-electron chi connectivity index (χ1n) is 7.88. The number of amides is 1. The number of carbonyl (C=O) groups is 1. The lowest BCUT2D eigenvalue weighted by Crippen LogP contribution is -2.48. The summed E-state index contributed by atoms with van der Waals surface area (Å²) in [4.78, 5) is 14.4. The maximum atomic E-state index is 12.1. The van der Waals surface area contributed by atoms with Crippen molar-refractivity contribution in [2.75, 3.05) is 13.6 Å². The topological polar surface area (TPSA) is 58.4 Å². The van der Waals surface area contributed by atoms with Crippen molar-refractivity contribution in [3.63, 3.8) is 0 Å². The zero-order valence-corrected chi connectivity index (χ0v) is 13.3. The monoisotopic (exact) mass is 289 g/mol. The molecule has 1 fully saturated rings. The molecule has 3 N–H and O–H groups in total. The van der Waals surface area contributed by atoms with E-state index in [0.717, 1.165) is 25.8 Å². The van der Waals surface area contributed by atoms with E-state index in [2.05, 4.69) is 48.3 Å². The number of hydrogen-bond donors (Lipinski definition) is 2. The van der Waals surface area contributed by atoms with Crippen molar-refractivity contribution < 1.29 is 4.79 Å². The SMILES string of the molecule is CCC(N)C(c1ccc(C)cc1)N1CCCC1C(=O)NC. The zero-order chi connectivity index (χ0) is 15.4. The van der Waals surface area contributed by atoms with Gasteiger partial charge < -0.3 is 11.1 Å². The molecule has 4 nitrogen and oxygen atoms in total. The van der Waals surface area contributed by atoms with Crippen molar-refractivity contribution in [3.05, 3.63) is 35.4 Å². The van der Waals surface area contributed by atoms with Crippen molar-refractivity contribution in [2.24, 2.45) is 5.73 Å². The number of nitrogens with two attached hydrogens (primary N) is 1. The van der Waals surface area contributed by atoms with E-state index in [1.165, 1.54) is 11.1 Å². The predicted molar refractivity (Wildman–Crippen MR) is 86.0 cm³/mol. The molecular formula is C17H27N3O. The average molecular weight is 289 g/mol. The molecule has 1 heterocycles. The Kier molecular flexibility index (Phi) is 5.37. The van der Waals surface area contributed by atoms with Crippen LogP contribution in [0.4, 0.5) is 0 Å². The van der Waals surface area contributed by atoms with Crippen molar-refractivity contribution >= 4 is 5.91 Å². The molecule has 0 bridgehead atoms. The van der Waals surface area contributed by atoms with Crippen LogP contribution in [0.5, 0.6) is 0 Å². The van der Waals surface area contributed by atoms with Gasteiger partial charge in [0, 0.05) is 13.1 Å². The van der Waals surface area contributed by atoms with Gasteiger partial charge in [0.05, 0.1) is 12.1 Å². The van der Waals surface area contributed by atoms with Crippen molar-refractivity contribution in [3.8, 4) is 0 Å². The second kappa shape index (κ2) is 7.05. The summed E-state index contributed by atoms with van der Waals surface area (Å²) < 4.78 is 0. The molecule has 21 heavy (non-hydrogen) atoms. The lowest BCUT2D eigenvalue weighted by Gasteiger charge is -2.36. The Morgan fingerprint density at radius 2 is 2.10 bits per heavy atom. The number of hydrogen-bond acceptors (Lipinski definition) is 3. The van der Waals surface area contributed by atoms with E-state index in [9.17, 15) is 4.79 Å². The highest BCUT2D eigenvalue weighted by atomic mass is 16.2. The summed E-state index contributed by atoms with van der Waals surface area (Å²) in [6, 6.07) is 8.63. The molecule has 1 aliphatic rings. The molecule has 3 atom stereocenters. The fourth-order valence-electron chi connectivity index (χ4n) is 3.24. The van der Waals surface area contributed by atoms with Crippen LogP contribution in [0.25, 0.3) is 0 Å². The standard InChI is InChI=1S/C17H27N3O/c1-4-14(18)16(13-9-7-12(2)8-10-13)20-11-5-6-15(20)17(21)19-3/h7-10,14-16H,4-6,11,18H2,1-3H3,(H,19,21). The highest BCUT2D eigenvalue weighted by molar-refractivity contribution is 5.81. The van der Waals surface area contributed by atoms with Crippen LogP contribution in [0.2, 0.25) is 0 Å². The minimum absolute atomic E-state index is 0.0398. The van der Waals surface area contributed by atoms with Crippen LogP contribution >= 0.6 is 0 Å². The summed E-state index contributed by atoms with van der Waals surface area (Å²) in [6.45, 7) is 5.13. The van der Waals surface area contributed by atoms with E-state index >= 15 is 0 Å². The van der Waals surface area contributed by atoms with Crippen LogP contribution in [0.1, 0.15) is 43.4 Å². The lowest BCUT2D eigenvalue weighted by atomic mass is 9.94. The first-order valence-corrected chi connectivity index (χ1v) is 7.88. The Hall–Kier alpha value is -1.39. The van der Waals surface area contributed by atoms with Gasteiger partial charge in [-0.3, -0.25) is 9.69 Å². The van der Waals surface area contributed by atoms with Gasteiger partial charge in [-0.05, 0) is 38.3 Å². The first kappa shape index (κ1) is 16.0. The Bertz CT molecular complexity index is 471. The summed E-state index contributed by atoms with van der Waals surface area (Å²) in [5.41, 5.74) is 8.85. The summed E-state index contributed by atoms with van der Waals surface area (Å²) in [5, 5.41) is 2.79. The number of rotatable bonds is 5. The van der Waals surface area contributed by atoms with Crippen LogP contribution in [0.3, 0.4) is 0 Å². The van der Waals surface area contributed by atoms with Gasteiger partial charge in [0.2, 0.25) is 5.91 Å². The fraction of sp³-hybridized carbons (Fsp3) is 0.588. The summed E-state index contributed by atoms with van der Waals surface area (Å²) in [6.07, 6.45) is 2.87. The quantitative estimate of drug-likeness (QED) is 0.871. The largest absolute Gasteiger partial charge is 0.358 e. The summed E-state index contributed by atoms with van der Waals surface area (Å²) in [5.74, 6) is 0.105. The molecule has 0 radical (unpaired) electrons. The Morgan fingerprint density at radius 3 is 2.67 bits per heavy atom. The molecule has 4 heteroatoms. The fourth-order valence-corrected chi connectivity index (χ4v) is 3.24. The highest BCUT2D eigenvalue weighted by Crippen LogP contribution is 2.32. The third kappa shape index (κ3) is 3.44. The molecule has 2 rings (SSSR count). The van der Waals surface area contributed by atoms with Gasteiger partial charge in [-0.1, -0.05) is 36.8 Å². The number of likely N-dealkylation sites (tertiary alicyclic amines) is 1. The predicted octanol–water partition coefficient (Wildman–Crippen LogP) is 1.98. The first-order chi connectivity index (χ1) is 10.1. The maximum Gasteiger partial charge on any atom is 0.237 e. The van der Waals surface area contributed by atoms with Gasteiger partial charge >= 0.3 is 0 Å². The normalized spacial score (nSPS) is 22.0. The molecule has 1 aliphatic heterocycles. The number of nitrogens with zero attached hydrogens (tertiary/aromatic N) is 1. The molecule has 0 spiro atoms. The zero-order valence-electron chi connectivity index (χ0n) is 13.3. The van der Waals surface area contributed by atoms with E-state index in [0.29, 0.717) is 0 Å². The second-order valence-corrected chi connectivity index (χ2v) is 5.94. The van der Waals surface area contributed by atoms with Gasteiger partial charge in [0.25, 0.3) is 0 Å². The van der Waals surface area contributed by atoms with E-state index in [1.54, 1.807) is 7.05 Å². The molecule has 1 aromatic rings. The molecule has 0 aliphatic carbocycles. The van der Waals surface area contributed by atoms with Gasteiger partial charge in [-0.25, -0.2) is 0 Å². The van der Waals surface area contributed by atoms with E-state index < -0.39 is 0 Å². The van der Waals surface area contributed by atoms with E-state index in [1.807, 2.05) is 0 Å². The van der Waals surface area contributed by atoms with Crippen LogP contribution < -0.4 is 11.1 Å². The summed E-state index contributed by atoms with van der Waals surface area (Å²) in [7, 11) is 1.71. The van der Waals surface area contributed by atoms with Crippen LogP contribution in [0, 0.1) is 6.92 Å². The van der Waals surface area contributed by atoms with Gasteiger partial charge in [-0.15, -0.1) is 0 Å². The van der Waals surface area contributed by atoms with Crippen LogP contribution in [-0.2, 0) is 4.79 Å². The maximum absolute atomic E-state index is 12.1. The number of likely N-dealkylation sites (N-methyl/N-ethyl adjacent to an activating group) is 1. The molecule has 1 amide bonds. The third-order valence-corrected chi connectivity index (χ3v) is 4.50. The minimum atomic E-state index is -0.0566. The number of carbonyl (C=O) groups excluding carboxylic acids is 1. The van der Waals surface area contributed by atoms with Gasteiger partial charge in [-0.2, -0.15) is 0 Å². The number of benzene rings is 1. The van der Waals surface area contributed by atoms with Gasteiger partial charge in [0.15, 0.2) is 0 Å². The molecular weight excluding hydrogens is 262 g/mol. The molecule has 0 saturated carbocycles. The molecule has 1 saturated heterocycles. The van der Waals surface area contributed by atoms with Crippen LogP contribution in [-0.4, -0.2) is 36.5 Å². The Balaban J connectivity index is 2.31. The Labute approximate surface area is 127 Å². The van der Waals surface area contributed by atoms with Crippen LogP contribution in [0.15, 0.2) is 24.3 Å². The Morgan fingerprint density at radius 1 is 1.43 bits per heavy atom. The highest BCUT2D eigenvalue weighted by Gasteiger charge is 2.37. The average Bonchev–Trinajstić information content (AvgIpc) is 2.97. The third-order valence-electron chi connectivity index (χ3n) is 4.50. The van der Waals surface area contributed by atoms with Gasteiger partial charge in [0.1, 0.15) is 0 Å². The molecule has 1 aromatic carbocycles. The number of aryl methyl sites for hydroxylation is 1. The van der Waals surface area contributed by atoms with Crippen molar-refractivity contribution in [1.82, 2.24) is 10.2 Å².